The Morgan fingerprint density at radius 2 is 1.54 bits per heavy atom. The number of nitrogens with one attached hydrogen (secondary N) is 1. The molecule has 0 atom stereocenters. The van der Waals surface area contributed by atoms with E-state index in [1.807, 2.05) is 18.2 Å². The number of rotatable bonds is 12. The second-order valence-corrected chi connectivity index (χ2v) is 9.46. The van der Waals surface area contributed by atoms with E-state index in [4.69, 9.17) is 15.2 Å². The number of fused-ring (bicyclic) bond motifs is 1. The lowest BCUT2D eigenvalue weighted by Gasteiger charge is -2.35. The lowest BCUT2D eigenvalue weighted by Crippen LogP contribution is -2.47. The molecule has 0 aliphatic carbocycles. The Morgan fingerprint density at radius 1 is 0.914 bits per heavy atom. The monoisotopic (exact) mass is 481 g/mol. The van der Waals surface area contributed by atoms with Crippen LogP contribution in [0.4, 0.5) is 5.69 Å². The fourth-order valence-electron chi connectivity index (χ4n) is 4.74. The van der Waals surface area contributed by atoms with Crippen molar-refractivity contribution in [2.75, 3.05) is 64.5 Å². The van der Waals surface area contributed by atoms with Crippen LogP contribution in [-0.4, -0.2) is 79.8 Å². The lowest BCUT2D eigenvalue weighted by molar-refractivity contribution is -0.114. The molecule has 2 aliphatic rings. The summed E-state index contributed by atoms with van der Waals surface area (Å²) in [6.45, 7) is 12.1. The predicted molar refractivity (Wildman–Crippen MR) is 139 cm³/mol. The predicted octanol–water partition coefficient (Wildman–Crippen LogP) is 2.73. The molecule has 3 N–H and O–H groups in total. The maximum atomic E-state index is 11.3. The van der Waals surface area contributed by atoms with Gasteiger partial charge in [0.1, 0.15) is 0 Å². The van der Waals surface area contributed by atoms with E-state index in [0.717, 1.165) is 95.5 Å². The van der Waals surface area contributed by atoms with Crippen molar-refractivity contribution in [1.29, 1.82) is 0 Å². The van der Waals surface area contributed by atoms with Crippen LogP contribution in [-0.2, 0) is 17.9 Å². The minimum Gasteiger partial charge on any atom is -0.454 e. The molecule has 1 amide bonds. The van der Waals surface area contributed by atoms with Crippen molar-refractivity contribution in [3.63, 3.8) is 0 Å². The summed E-state index contributed by atoms with van der Waals surface area (Å²) in [5.74, 6) is 1.59. The first-order chi connectivity index (χ1) is 17.1. The summed E-state index contributed by atoms with van der Waals surface area (Å²) in [6.07, 6.45) is 2.21. The van der Waals surface area contributed by atoms with Crippen molar-refractivity contribution in [1.82, 2.24) is 14.7 Å². The summed E-state index contributed by atoms with van der Waals surface area (Å²) in [7, 11) is 0. The highest BCUT2D eigenvalue weighted by Crippen LogP contribution is 2.33. The number of benzene rings is 2. The van der Waals surface area contributed by atoms with Crippen LogP contribution in [0.25, 0.3) is 0 Å². The van der Waals surface area contributed by atoms with Gasteiger partial charge in [0.25, 0.3) is 0 Å². The van der Waals surface area contributed by atoms with Crippen LogP contribution in [0.2, 0.25) is 0 Å². The van der Waals surface area contributed by atoms with Gasteiger partial charge in [0.2, 0.25) is 12.7 Å². The number of carbonyl (C=O) groups excluding carboxylic acids is 1. The van der Waals surface area contributed by atoms with E-state index in [-0.39, 0.29) is 5.91 Å². The number of piperazine rings is 1. The molecule has 35 heavy (non-hydrogen) atoms. The van der Waals surface area contributed by atoms with Crippen LogP contribution in [0.1, 0.15) is 30.9 Å². The summed E-state index contributed by atoms with van der Waals surface area (Å²) in [4.78, 5) is 18.9. The molecule has 0 bridgehead atoms. The normalized spacial score (nSPS) is 16.1. The van der Waals surface area contributed by atoms with Crippen LogP contribution in [0, 0.1) is 0 Å². The molecule has 0 saturated carbocycles. The molecule has 1 fully saturated rings. The summed E-state index contributed by atoms with van der Waals surface area (Å²) in [5, 5.41) is 2.84. The molecular weight excluding hydrogens is 442 g/mol. The SMILES string of the molecule is CC(=O)Nc1ccc(CN(CCCN2CCN(CCCN)CC2)Cc2ccc3c(c2)OCO3)cc1. The third-order valence-corrected chi connectivity index (χ3v) is 6.62. The van der Waals surface area contributed by atoms with Gasteiger partial charge in [0, 0.05) is 58.4 Å². The highest BCUT2D eigenvalue weighted by Gasteiger charge is 2.18. The Morgan fingerprint density at radius 3 is 2.23 bits per heavy atom. The van der Waals surface area contributed by atoms with Gasteiger partial charge in [-0.1, -0.05) is 18.2 Å². The van der Waals surface area contributed by atoms with Crippen LogP contribution in [0.3, 0.4) is 0 Å². The molecule has 0 aromatic heterocycles. The maximum Gasteiger partial charge on any atom is 0.231 e. The van der Waals surface area contributed by atoms with Crippen molar-refractivity contribution in [2.24, 2.45) is 5.73 Å². The first kappa shape index (κ1) is 25.4. The number of hydrogen-bond acceptors (Lipinski definition) is 7. The van der Waals surface area contributed by atoms with E-state index in [0.29, 0.717) is 6.79 Å². The fraction of sp³-hybridized carbons (Fsp3) is 0.519. The van der Waals surface area contributed by atoms with Gasteiger partial charge < -0.3 is 30.3 Å². The molecule has 2 aromatic rings. The average molecular weight is 482 g/mol. The molecule has 0 unspecified atom stereocenters. The molecule has 1 saturated heterocycles. The third kappa shape index (κ3) is 7.93. The Kier molecular flexibility index (Phi) is 9.36. The fourth-order valence-corrected chi connectivity index (χ4v) is 4.74. The van der Waals surface area contributed by atoms with Crippen molar-refractivity contribution in [3.05, 3.63) is 53.6 Å². The number of nitrogens with zero attached hydrogens (tertiary/aromatic N) is 3. The zero-order chi connectivity index (χ0) is 24.5. The van der Waals surface area contributed by atoms with Crippen LogP contribution in [0.15, 0.2) is 42.5 Å². The van der Waals surface area contributed by atoms with Crippen LogP contribution < -0.4 is 20.5 Å². The Hall–Kier alpha value is -2.65. The van der Waals surface area contributed by atoms with E-state index in [1.54, 1.807) is 0 Å². The van der Waals surface area contributed by atoms with E-state index in [1.165, 1.54) is 18.1 Å². The summed E-state index contributed by atoms with van der Waals surface area (Å²) in [6, 6.07) is 14.4. The first-order valence-electron chi connectivity index (χ1n) is 12.7. The van der Waals surface area contributed by atoms with Crippen LogP contribution in [0.5, 0.6) is 11.5 Å². The van der Waals surface area contributed by atoms with Crippen LogP contribution >= 0.6 is 0 Å². The van der Waals surface area contributed by atoms with Crippen molar-refractivity contribution < 1.29 is 14.3 Å². The standard InChI is InChI=1S/C27H39N5O3/c1-22(33)29-25-7-4-23(5-8-25)19-32(20-24-6-9-26-27(18-24)35-21-34-26)13-3-12-31-16-14-30(15-17-31)11-2-10-28/h4-9,18H,2-3,10-17,19-21,28H2,1H3,(H,29,33). The molecule has 0 spiro atoms. The molecule has 8 nitrogen and oxygen atoms in total. The second kappa shape index (κ2) is 12.9. The smallest absolute Gasteiger partial charge is 0.231 e. The Bertz CT molecular complexity index is 944. The van der Waals surface area contributed by atoms with E-state index in [2.05, 4.69) is 44.3 Å². The highest BCUT2D eigenvalue weighted by molar-refractivity contribution is 5.88. The zero-order valence-electron chi connectivity index (χ0n) is 20.9. The van der Waals surface area contributed by atoms with Gasteiger partial charge in [-0.05, 0) is 67.9 Å². The van der Waals surface area contributed by atoms with E-state index in [9.17, 15) is 4.79 Å². The largest absolute Gasteiger partial charge is 0.454 e. The number of ether oxygens (including phenoxy) is 2. The van der Waals surface area contributed by atoms with Gasteiger partial charge in [0.05, 0.1) is 0 Å². The molecule has 2 heterocycles. The quantitative estimate of drug-likeness (QED) is 0.482. The molecule has 8 heteroatoms. The second-order valence-electron chi connectivity index (χ2n) is 9.46. The number of nitrogens with two attached hydrogens (primary N) is 1. The number of hydrogen-bond donors (Lipinski definition) is 2. The van der Waals surface area contributed by atoms with E-state index < -0.39 is 0 Å². The van der Waals surface area contributed by atoms with Gasteiger partial charge in [-0.3, -0.25) is 9.69 Å². The average Bonchev–Trinajstić information content (AvgIpc) is 3.32. The number of anilines is 1. The highest BCUT2D eigenvalue weighted by atomic mass is 16.7. The third-order valence-electron chi connectivity index (χ3n) is 6.62. The van der Waals surface area contributed by atoms with Gasteiger partial charge in [-0.2, -0.15) is 0 Å². The maximum absolute atomic E-state index is 11.3. The zero-order valence-corrected chi connectivity index (χ0v) is 20.9. The Labute approximate surface area is 209 Å². The topological polar surface area (TPSA) is 83.3 Å². The number of amides is 1. The van der Waals surface area contributed by atoms with E-state index >= 15 is 0 Å². The van der Waals surface area contributed by atoms with Crippen molar-refractivity contribution in [3.8, 4) is 11.5 Å². The van der Waals surface area contributed by atoms with Gasteiger partial charge in [-0.15, -0.1) is 0 Å². The molecular formula is C27H39N5O3. The Balaban J connectivity index is 1.32. The molecule has 0 radical (unpaired) electrons. The summed E-state index contributed by atoms with van der Waals surface area (Å²) < 4.78 is 11.1. The van der Waals surface area contributed by atoms with Crippen molar-refractivity contribution in [2.45, 2.75) is 32.9 Å². The number of carbonyl (C=O) groups is 1. The summed E-state index contributed by atoms with van der Waals surface area (Å²) in [5.41, 5.74) is 8.94. The molecule has 2 aliphatic heterocycles. The summed E-state index contributed by atoms with van der Waals surface area (Å²) >= 11 is 0. The van der Waals surface area contributed by atoms with Crippen molar-refractivity contribution >= 4 is 11.6 Å². The van der Waals surface area contributed by atoms with Gasteiger partial charge in [-0.25, -0.2) is 0 Å². The lowest BCUT2D eigenvalue weighted by atomic mass is 10.1. The molecule has 2 aromatic carbocycles. The minimum absolute atomic E-state index is 0.0533. The molecule has 4 rings (SSSR count). The first-order valence-corrected chi connectivity index (χ1v) is 12.7. The van der Waals surface area contributed by atoms with Gasteiger partial charge in [0.15, 0.2) is 11.5 Å². The van der Waals surface area contributed by atoms with Gasteiger partial charge >= 0.3 is 0 Å². The molecule has 190 valence electrons. The minimum atomic E-state index is -0.0533.